The topological polar surface area (TPSA) is 61.5 Å². The van der Waals surface area contributed by atoms with Gasteiger partial charge in [-0.2, -0.15) is 0 Å². The van der Waals surface area contributed by atoms with Crippen LogP contribution >= 0.6 is 0 Å². The predicted octanol–water partition coefficient (Wildman–Crippen LogP) is 2.44. The fraction of sp³-hybridized carbons (Fsp3) is 0.533. The number of hydrogen-bond acceptors (Lipinski definition) is 4. The van der Waals surface area contributed by atoms with Crippen molar-refractivity contribution in [2.75, 3.05) is 13.2 Å². The molecule has 0 amide bonds. The van der Waals surface area contributed by atoms with Crippen molar-refractivity contribution in [2.24, 2.45) is 5.73 Å². The monoisotopic (exact) mass is 265 g/mol. The normalized spacial score (nSPS) is 13.8. The van der Waals surface area contributed by atoms with E-state index in [1.807, 2.05) is 32.9 Å². The Hall–Kier alpha value is -1.55. The Labute approximate surface area is 114 Å². The minimum Gasteiger partial charge on any atom is -0.493 e. The fourth-order valence-electron chi connectivity index (χ4n) is 2.02. The highest BCUT2D eigenvalue weighted by molar-refractivity contribution is 5.82. The van der Waals surface area contributed by atoms with E-state index in [1.54, 1.807) is 13.8 Å². The van der Waals surface area contributed by atoms with Crippen LogP contribution in [0.1, 0.15) is 37.5 Å². The Morgan fingerprint density at radius 1 is 1.21 bits per heavy atom. The van der Waals surface area contributed by atoms with E-state index in [-0.39, 0.29) is 0 Å². The van der Waals surface area contributed by atoms with Gasteiger partial charge < -0.3 is 15.2 Å². The smallest absolute Gasteiger partial charge is 0.330 e. The lowest BCUT2D eigenvalue weighted by molar-refractivity contribution is -0.149. The molecule has 0 aliphatic carbocycles. The number of benzene rings is 1. The van der Waals surface area contributed by atoms with Crippen LogP contribution < -0.4 is 10.5 Å². The molecule has 1 unspecified atom stereocenters. The van der Waals surface area contributed by atoms with Gasteiger partial charge in [-0.1, -0.05) is 0 Å². The molecule has 0 saturated heterocycles. The summed E-state index contributed by atoms with van der Waals surface area (Å²) in [6.07, 6.45) is 0. The van der Waals surface area contributed by atoms with Gasteiger partial charge in [-0.05, 0) is 63.4 Å². The molecule has 1 atom stereocenters. The van der Waals surface area contributed by atoms with Crippen LogP contribution in [-0.2, 0) is 15.1 Å². The molecule has 4 heteroatoms. The Kier molecular flexibility index (Phi) is 4.95. The molecule has 0 heterocycles. The molecule has 106 valence electrons. The highest BCUT2D eigenvalue weighted by Crippen LogP contribution is 2.29. The lowest BCUT2D eigenvalue weighted by Crippen LogP contribution is -2.43. The van der Waals surface area contributed by atoms with Gasteiger partial charge in [-0.15, -0.1) is 0 Å². The van der Waals surface area contributed by atoms with E-state index in [0.717, 1.165) is 22.4 Å². The molecule has 0 aromatic heterocycles. The molecule has 0 fully saturated rings. The van der Waals surface area contributed by atoms with Gasteiger partial charge >= 0.3 is 5.97 Å². The second-order valence-electron chi connectivity index (χ2n) is 4.79. The summed E-state index contributed by atoms with van der Waals surface area (Å²) in [5.41, 5.74) is 7.65. The summed E-state index contributed by atoms with van der Waals surface area (Å²) in [5, 5.41) is 0. The summed E-state index contributed by atoms with van der Waals surface area (Å²) in [5.74, 6) is 0.434. The minimum atomic E-state index is -1.14. The van der Waals surface area contributed by atoms with Crippen molar-refractivity contribution in [2.45, 2.75) is 40.2 Å². The average molecular weight is 265 g/mol. The second-order valence-corrected chi connectivity index (χ2v) is 4.79. The maximum absolute atomic E-state index is 11.9. The third-order valence-corrected chi connectivity index (χ3v) is 3.05. The van der Waals surface area contributed by atoms with Gasteiger partial charge in [0, 0.05) is 0 Å². The van der Waals surface area contributed by atoms with Crippen LogP contribution in [0.4, 0.5) is 0 Å². The molecule has 0 saturated carbocycles. The first-order valence-electron chi connectivity index (χ1n) is 6.55. The quantitative estimate of drug-likeness (QED) is 0.831. The number of carbonyl (C=O) groups excluding carboxylic acids is 1. The number of aryl methyl sites for hydroxylation is 2. The van der Waals surface area contributed by atoms with Crippen molar-refractivity contribution < 1.29 is 14.3 Å². The minimum absolute atomic E-state index is 0.320. The summed E-state index contributed by atoms with van der Waals surface area (Å²) >= 11 is 0. The van der Waals surface area contributed by atoms with E-state index in [0.29, 0.717) is 13.2 Å². The van der Waals surface area contributed by atoms with Crippen LogP contribution in [-0.4, -0.2) is 19.2 Å². The van der Waals surface area contributed by atoms with E-state index < -0.39 is 11.5 Å². The number of hydrogen-bond donors (Lipinski definition) is 1. The van der Waals surface area contributed by atoms with E-state index in [1.165, 1.54) is 0 Å². The highest BCUT2D eigenvalue weighted by atomic mass is 16.5. The Balaban J connectivity index is 3.18. The summed E-state index contributed by atoms with van der Waals surface area (Å²) in [7, 11) is 0. The van der Waals surface area contributed by atoms with Crippen LogP contribution in [0.15, 0.2) is 12.1 Å². The molecule has 0 bridgehead atoms. The van der Waals surface area contributed by atoms with Crippen molar-refractivity contribution in [1.82, 2.24) is 0 Å². The van der Waals surface area contributed by atoms with Gasteiger partial charge in [-0.3, -0.25) is 0 Å². The van der Waals surface area contributed by atoms with E-state index in [9.17, 15) is 4.79 Å². The molecule has 0 aliphatic rings. The van der Waals surface area contributed by atoms with Crippen LogP contribution in [0.2, 0.25) is 0 Å². The van der Waals surface area contributed by atoms with Gasteiger partial charge in [0.1, 0.15) is 11.3 Å². The number of esters is 1. The largest absolute Gasteiger partial charge is 0.493 e. The van der Waals surface area contributed by atoms with Crippen molar-refractivity contribution in [3.63, 3.8) is 0 Å². The van der Waals surface area contributed by atoms with Gasteiger partial charge in [-0.25, -0.2) is 4.79 Å². The molecule has 0 spiro atoms. The summed E-state index contributed by atoms with van der Waals surface area (Å²) in [6.45, 7) is 10.2. The van der Waals surface area contributed by atoms with Crippen LogP contribution in [0.25, 0.3) is 0 Å². The second kappa shape index (κ2) is 6.06. The van der Waals surface area contributed by atoms with E-state index in [2.05, 4.69) is 0 Å². The van der Waals surface area contributed by atoms with Gasteiger partial charge in [0.25, 0.3) is 0 Å². The van der Waals surface area contributed by atoms with E-state index >= 15 is 0 Å². The predicted molar refractivity (Wildman–Crippen MR) is 75.3 cm³/mol. The lowest BCUT2D eigenvalue weighted by Gasteiger charge is -2.24. The zero-order valence-electron chi connectivity index (χ0n) is 12.4. The number of rotatable bonds is 5. The summed E-state index contributed by atoms with van der Waals surface area (Å²) in [6, 6.07) is 3.77. The molecular weight excluding hydrogens is 242 g/mol. The maximum Gasteiger partial charge on any atom is 0.330 e. The molecule has 4 nitrogen and oxygen atoms in total. The van der Waals surface area contributed by atoms with Crippen LogP contribution in [0.3, 0.4) is 0 Å². The first-order chi connectivity index (χ1) is 8.84. The van der Waals surface area contributed by atoms with Gasteiger partial charge in [0.05, 0.1) is 13.2 Å². The molecule has 0 radical (unpaired) electrons. The average Bonchev–Trinajstić information content (AvgIpc) is 2.33. The Bertz CT molecular complexity index is 443. The first kappa shape index (κ1) is 15.5. The highest BCUT2D eigenvalue weighted by Gasteiger charge is 2.33. The van der Waals surface area contributed by atoms with Crippen LogP contribution in [0, 0.1) is 13.8 Å². The SMILES string of the molecule is CCOC(=O)C(C)(N)c1cc(C)c(OCC)c(C)c1. The molecule has 1 rings (SSSR count). The van der Waals surface area contributed by atoms with Crippen molar-refractivity contribution in [3.05, 3.63) is 28.8 Å². The Morgan fingerprint density at radius 2 is 1.74 bits per heavy atom. The first-order valence-corrected chi connectivity index (χ1v) is 6.55. The van der Waals surface area contributed by atoms with Gasteiger partial charge in [0.15, 0.2) is 0 Å². The molecular formula is C15H23NO3. The molecule has 1 aromatic carbocycles. The fourth-order valence-corrected chi connectivity index (χ4v) is 2.02. The lowest BCUT2D eigenvalue weighted by atomic mass is 9.90. The number of nitrogens with two attached hydrogens (primary N) is 1. The zero-order chi connectivity index (χ0) is 14.6. The van der Waals surface area contributed by atoms with Crippen molar-refractivity contribution in [1.29, 1.82) is 0 Å². The maximum atomic E-state index is 11.9. The van der Waals surface area contributed by atoms with Gasteiger partial charge in [0.2, 0.25) is 0 Å². The van der Waals surface area contributed by atoms with E-state index in [4.69, 9.17) is 15.2 Å². The molecule has 19 heavy (non-hydrogen) atoms. The third kappa shape index (κ3) is 3.26. The molecule has 2 N–H and O–H groups in total. The third-order valence-electron chi connectivity index (χ3n) is 3.05. The van der Waals surface area contributed by atoms with Crippen LogP contribution in [0.5, 0.6) is 5.75 Å². The number of ether oxygens (including phenoxy) is 2. The molecule has 1 aromatic rings. The number of carbonyl (C=O) groups is 1. The summed E-state index contributed by atoms with van der Waals surface area (Å²) < 4.78 is 10.6. The van der Waals surface area contributed by atoms with Crippen molar-refractivity contribution in [3.8, 4) is 5.75 Å². The van der Waals surface area contributed by atoms with Crippen molar-refractivity contribution >= 4 is 5.97 Å². The molecule has 0 aliphatic heterocycles. The summed E-state index contributed by atoms with van der Waals surface area (Å²) in [4.78, 5) is 11.9. The standard InChI is InChI=1S/C15H23NO3/c1-6-18-13-10(3)8-12(9-11(13)4)15(5,16)14(17)19-7-2/h8-9H,6-7,16H2,1-5H3. The zero-order valence-corrected chi connectivity index (χ0v) is 12.4. The Morgan fingerprint density at radius 3 is 2.16 bits per heavy atom.